The minimum absolute atomic E-state index is 0.0851. The lowest BCUT2D eigenvalue weighted by Crippen LogP contribution is -2.48. The van der Waals surface area contributed by atoms with Crippen LogP contribution in [0.15, 0.2) is 28.7 Å². The van der Waals surface area contributed by atoms with Gasteiger partial charge in [-0.2, -0.15) is 0 Å². The molecule has 0 N–H and O–H groups in total. The van der Waals surface area contributed by atoms with Crippen LogP contribution in [0.4, 0.5) is 0 Å². The summed E-state index contributed by atoms with van der Waals surface area (Å²) in [6, 6.07) is 7.37. The molecule has 1 atom stereocenters. The summed E-state index contributed by atoms with van der Waals surface area (Å²) in [5, 5.41) is 8.12. The number of nitrogens with zero attached hydrogens (tertiary/aromatic N) is 3. The van der Waals surface area contributed by atoms with Gasteiger partial charge >= 0.3 is 5.97 Å². The van der Waals surface area contributed by atoms with Gasteiger partial charge in [0, 0.05) is 25.8 Å². The number of hydrogen-bond donors (Lipinski definition) is 0. The van der Waals surface area contributed by atoms with Gasteiger partial charge < -0.3 is 18.8 Å². The monoisotopic (exact) mass is 401 g/mol. The zero-order valence-corrected chi connectivity index (χ0v) is 16.9. The van der Waals surface area contributed by atoms with Crippen molar-refractivity contribution in [1.82, 2.24) is 15.1 Å². The SMILES string of the molecule is COC(=O)[C@H]1CCCCN1C(=O)CCc1nnc(CCc2ccc(OC)cc2)o1. The third-order valence-corrected chi connectivity index (χ3v) is 5.14. The zero-order chi connectivity index (χ0) is 20.6. The van der Waals surface area contributed by atoms with E-state index in [9.17, 15) is 9.59 Å². The average molecular weight is 401 g/mol. The maximum atomic E-state index is 12.6. The lowest BCUT2D eigenvalue weighted by atomic mass is 10.0. The van der Waals surface area contributed by atoms with Gasteiger partial charge in [0.15, 0.2) is 0 Å². The Bertz CT molecular complexity index is 818. The number of esters is 1. The Kier molecular flexibility index (Phi) is 7.21. The molecule has 1 aliphatic rings. The number of amides is 1. The van der Waals surface area contributed by atoms with Crippen LogP contribution in [0.1, 0.15) is 43.0 Å². The summed E-state index contributed by atoms with van der Waals surface area (Å²) in [7, 11) is 2.99. The van der Waals surface area contributed by atoms with Gasteiger partial charge in [-0.05, 0) is 43.4 Å². The normalized spacial score (nSPS) is 16.5. The van der Waals surface area contributed by atoms with E-state index in [-0.39, 0.29) is 18.3 Å². The molecular weight excluding hydrogens is 374 g/mol. The number of carbonyl (C=O) groups excluding carboxylic acids is 2. The Labute approximate surface area is 170 Å². The van der Waals surface area contributed by atoms with Gasteiger partial charge in [-0.25, -0.2) is 4.79 Å². The van der Waals surface area contributed by atoms with Crippen molar-refractivity contribution in [2.75, 3.05) is 20.8 Å². The van der Waals surface area contributed by atoms with E-state index in [1.165, 1.54) is 7.11 Å². The van der Waals surface area contributed by atoms with Crippen LogP contribution >= 0.6 is 0 Å². The number of methoxy groups -OCH3 is 2. The van der Waals surface area contributed by atoms with Gasteiger partial charge in [-0.1, -0.05) is 12.1 Å². The fourth-order valence-electron chi connectivity index (χ4n) is 3.50. The number of aromatic nitrogens is 2. The van der Waals surface area contributed by atoms with Crippen LogP contribution in [0.2, 0.25) is 0 Å². The number of hydrogen-bond acceptors (Lipinski definition) is 7. The number of aryl methyl sites for hydroxylation is 3. The van der Waals surface area contributed by atoms with Crippen LogP contribution in [0.3, 0.4) is 0 Å². The molecule has 0 aliphatic carbocycles. The molecule has 0 spiro atoms. The molecule has 2 heterocycles. The van der Waals surface area contributed by atoms with Crippen molar-refractivity contribution >= 4 is 11.9 Å². The van der Waals surface area contributed by atoms with Crippen LogP contribution in [0.5, 0.6) is 5.75 Å². The van der Waals surface area contributed by atoms with Crippen molar-refractivity contribution in [1.29, 1.82) is 0 Å². The second kappa shape index (κ2) is 10.0. The quantitative estimate of drug-likeness (QED) is 0.627. The topological polar surface area (TPSA) is 94.8 Å². The van der Waals surface area contributed by atoms with Crippen molar-refractivity contribution in [3.63, 3.8) is 0 Å². The first-order chi connectivity index (χ1) is 14.1. The van der Waals surface area contributed by atoms with Crippen molar-refractivity contribution < 1.29 is 23.5 Å². The average Bonchev–Trinajstić information content (AvgIpc) is 3.23. The number of carbonyl (C=O) groups is 2. The van der Waals surface area contributed by atoms with Crippen molar-refractivity contribution in [3.05, 3.63) is 41.6 Å². The fourth-order valence-corrected chi connectivity index (χ4v) is 3.50. The van der Waals surface area contributed by atoms with E-state index >= 15 is 0 Å². The highest BCUT2D eigenvalue weighted by atomic mass is 16.5. The maximum Gasteiger partial charge on any atom is 0.328 e. The predicted octanol–water partition coefficient (Wildman–Crippen LogP) is 2.35. The van der Waals surface area contributed by atoms with Crippen LogP contribution < -0.4 is 4.74 Å². The summed E-state index contributed by atoms with van der Waals surface area (Å²) in [5.74, 6) is 1.37. The molecule has 3 rings (SSSR count). The molecule has 0 unspecified atom stereocenters. The Morgan fingerprint density at radius 3 is 2.48 bits per heavy atom. The number of likely N-dealkylation sites (tertiary alicyclic amines) is 1. The molecule has 2 aromatic rings. The minimum atomic E-state index is -0.482. The third-order valence-electron chi connectivity index (χ3n) is 5.14. The Hall–Kier alpha value is -2.90. The molecule has 1 saturated heterocycles. The molecule has 0 radical (unpaired) electrons. The van der Waals surface area contributed by atoms with Gasteiger partial charge in [0.1, 0.15) is 11.8 Å². The summed E-state index contributed by atoms with van der Waals surface area (Å²) >= 11 is 0. The maximum absolute atomic E-state index is 12.6. The summed E-state index contributed by atoms with van der Waals surface area (Å²) < 4.78 is 15.7. The first-order valence-electron chi connectivity index (χ1n) is 9.92. The van der Waals surface area contributed by atoms with E-state index in [0.29, 0.717) is 37.6 Å². The molecule has 1 amide bonds. The van der Waals surface area contributed by atoms with E-state index in [0.717, 1.165) is 30.6 Å². The molecule has 29 heavy (non-hydrogen) atoms. The van der Waals surface area contributed by atoms with E-state index in [1.54, 1.807) is 12.0 Å². The van der Waals surface area contributed by atoms with E-state index in [4.69, 9.17) is 13.9 Å². The largest absolute Gasteiger partial charge is 0.497 e. The number of ether oxygens (including phenoxy) is 2. The van der Waals surface area contributed by atoms with E-state index in [2.05, 4.69) is 10.2 Å². The Morgan fingerprint density at radius 2 is 1.79 bits per heavy atom. The molecule has 1 aliphatic heterocycles. The standard InChI is InChI=1S/C21H27N3O5/c1-27-16-9-6-15(7-10-16)8-11-18-22-23-19(29-18)12-13-20(25)24-14-4-3-5-17(24)21(26)28-2/h6-7,9-10,17H,3-5,8,11-14H2,1-2H3/t17-/m1/s1. The van der Waals surface area contributed by atoms with Crippen LogP contribution in [0.25, 0.3) is 0 Å². The second-order valence-electron chi connectivity index (χ2n) is 7.06. The fraction of sp³-hybridized carbons (Fsp3) is 0.524. The molecule has 1 aromatic heterocycles. The van der Waals surface area contributed by atoms with E-state index < -0.39 is 6.04 Å². The van der Waals surface area contributed by atoms with Gasteiger partial charge in [0.05, 0.1) is 14.2 Å². The van der Waals surface area contributed by atoms with Gasteiger partial charge in [0.2, 0.25) is 17.7 Å². The highest BCUT2D eigenvalue weighted by Gasteiger charge is 2.32. The molecular formula is C21H27N3O5. The van der Waals surface area contributed by atoms with Crippen LogP contribution in [-0.4, -0.2) is 53.8 Å². The number of rotatable bonds is 8. The van der Waals surface area contributed by atoms with Crippen LogP contribution in [0, 0.1) is 0 Å². The molecule has 156 valence electrons. The highest BCUT2D eigenvalue weighted by Crippen LogP contribution is 2.20. The molecule has 1 aromatic carbocycles. The summed E-state index contributed by atoms with van der Waals surface area (Å²) in [6.07, 6.45) is 4.46. The van der Waals surface area contributed by atoms with Crippen molar-refractivity contribution in [2.24, 2.45) is 0 Å². The number of benzene rings is 1. The lowest BCUT2D eigenvalue weighted by Gasteiger charge is -2.33. The van der Waals surface area contributed by atoms with E-state index in [1.807, 2.05) is 24.3 Å². The summed E-state index contributed by atoms with van der Waals surface area (Å²) in [5.41, 5.74) is 1.15. The van der Waals surface area contributed by atoms with Gasteiger partial charge in [0.25, 0.3) is 0 Å². The molecule has 8 nitrogen and oxygen atoms in total. The predicted molar refractivity (Wildman–Crippen MR) is 104 cm³/mol. The molecule has 1 fully saturated rings. The Morgan fingerprint density at radius 1 is 1.07 bits per heavy atom. The minimum Gasteiger partial charge on any atom is -0.497 e. The first kappa shape index (κ1) is 20.8. The molecule has 0 saturated carbocycles. The second-order valence-corrected chi connectivity index (χ2v) is 7.06. The Balaban J connectivity index is 1.49. The highest BCUT2D eigenvalue weighted by molar-refractivity contribution is 5.84. The smallest absolute Gasteiger partial charge is 0.328 e. The molecule has 0 bridgehead atoms. The van der Waals surface area contributed by atoms with Crippen molar-refractivity contribution in [2.45, 2.75) is 51.0 Å². The third kappa shape index (κ3) is 5.56. The zero-order valence-electron chi connectivity index (χ0n) is 16.9. The number of piperidine rings is 1. The van der Waals surface area contributed by atoms with Gasteiger partial charge in [-0.3, -0.25) is 4.79 Å². The first-order valence-corrected chi connectivity index (χ1v) is 9.92. The lowest BCUT2D eigenvalue weighted by molar-refractivity contribution is -0.154. The molecule has 8 heteroatoms. The summed E-state index contributed by atoms with van der Waals surface area (Å²) in [4.78, 5) is 26.1. The van der Waals surface area contributed by atoms with Gasteiger partial charge in [-0.15, -0.1) is 10.2 Å². The van der Waals surface area contributed by atoms with Crippen molar-refractivity contribution in [3.8, 4) is 5.75 Å². The summed E-state index contributed by atoms with van der Waals surface area (Å²) in [6.45, 7) is 0.579. The van der Waals surface area contributed by atoms with Crippen LogP contribution in [-0.2, 0) is 33.6 Å².